The highest BCUT2D eigenvalue weighted by molar-refractivity contribution is 7.09. The van der Waals surface area contributed by atoms with Crippen molar-refractivity contribution in [1.29, 1.82) is 0 Å². The lowest BCUT2D eigenvalue weighted by Crippen LogP contribution is -2.43. The van der Waals surface area contributed by atoms with Crippen LogP contribution in [0.2, 0.25) is 0 Å². The number of hydrogen-bond acceptors (Lipinski definition) is 4. The summed E-state index contributed by atoms with van der Waals surface area (Å²) < 4.78 is 39.4. The molecule has 0 spiro atoms. The van der Waals surface area contributed by atoms with E-state index in [1.54, 1.807) is 0 Å². The van der Waals surface area contributed by atoms with E-state index in [1.165, 1.54) is 23.7 Å². The molecule has 1 heterocycles. The molecule has 0 radical (unpaired) electrons. The predicted octanol–water partition coefficient (Wildman–Crippen LogP) is 2.65. The number of halogens is 3. The molecule has 2 rings (SSSR count). The first kappa shape index (κ1) is 12.8. The number of benzene rings is 1. The van der Waals surface area contributed by atoms with Gasteiger partial charge in [-0.25, -0.2) is 4.98 Å². The predicted molar refractivity (Wildman–Crippen MR) is 59.3 cm³/mol. The van der Waals surface area contributed by atoms with E-state index >= 15 is 0 Å². The molecule has 0 fully saturated rings. The molecule has 0 amide bonds. The Kier molecular flexibility index (Phi) is 3.04. The maximum atomic E-state index is 13.1. The van der Waals surface area contributed by atoms with E-state index in [2.05, 4.69) is 4.98 Å². The average molecular weight is 275 g/mol. The Hall–Kier alpha value is -1.60. The van der Waals surface area contributed by atoms with Crippen molar-refractivity contribution in [2.45, 2.75) is 11.8 Å². The van der Waals surface area contributed by atoms with Gasteiger partial charge < -0.3 is 10.2 Å². The number of hydrogen-bond donors (Lipinski definition) is 2. The van der Waals surface area contributed by atoms with Crippen LogP contribution in [0.4, 0.5) is 13.2 Å². The minimum atomic E-state index is -4.93. The summed E-state index contributed by atoms with van der Waals surface area (Å²) in [7, 11) is 0. The zero-order chi connectivity index (χ0) is 13.4. The van der Waals surface area contributed by atoms with Gasteiger partial charge in [-0.3, -0.25) is 0 Å². The summed E-state index contributed by atoms with van der Waals surface area (Å²) in [5.41, 5.74) is -3.68. The second-order valence-electron chi connectivity index (χ2n) is 3.60. The third-order valence-electron chi connectivity index (χ3n) is 2.42. The number of phenolic OH excluding ortho intramolecular Hbond substituents is 1. The SMILES string of the molecule is Oc1cccc(C(O)(c2nccs2)C(F)(F)F)c1. The highest BCUT2D eigenvalue weighted by atomic mass is 32.1. The van der Waals surface area contributed by atoms with Crippen LogP contribution in [0.25, 0.3) is 0 Å². The molecule has 0 bridgehead atoms. The Morgan fingerprint density at radius 2 is 1.94 bits per heavy atom. The van der Waals surface area contributed by atoms with Gasteiger partial charge in [0.2, 0.25) is 5.60 Å². The highest BCUT2D eigenvalue weighted by Crippen LogP contribution is 2.45. The van der Waals surface area contributed by atoms with Gasteiger partial charge in [-0.2, -0.15) is 13.2 Å². The monoisotopic (exact) mass is 275 g/mol. The molecule has 0 aliphatic heterocycles. The second kappa shape index (κ2) is 4.25. The lowest BCUT2D eigenvalue weighted by molar-refractivity contribution is -0.248. The van der Waals surface area contributed by atoms with Crippen LogP contribution in [0, 0.1) is 0 Å². The van der Waals surface area contributed by atoms with Gasteiger partial charge in [-0.15, -0.1) is 11.3 Å². The first-order chi connectivity index (χ1) is 8.35. The van der Waals surface area contributed by atoms with E-state index in [0.717, 1.165) is 12.1 Å². The first-order valence-corrected chi connectivity index (χ1v) is 5.72. The van der Waals surface area contributed by atoms with Gasteiger partial charge in [-0.05, 0) is 12.1 Å². The third-order valence-corrected chi connectivity index (χ3v) is 3.30. The summed E-state index contributed by atoms with van der Waals surface area (Å²) in [5.74, 6) is -0.355. The molecule has 0 saturated heterocycles. The van der Waals surface area contributed by atoms with Crippen LogP contribution >= 0.6 is 11.3 Å². The smallest absolute Gasteiger partial charge is 0.428 e. The zero-order valence-electron chi connectivity index (χ0n) is 8.85. The van der Waals surface area contributed by atoms with Crippen LogP contribution < -0.4 is 0 Å². The van der Waals surface area contributed by atoms with E-state index in [1.807, 2.05) is 0 Å². The van der Waals surface area contributed by atoms with Gasteiger partial charge in [0.25, 0.3) is 0 Å². The molecule has 0 aliphatic carbocycles. The number of rotatable bonds is 2. The number of alkyl halides is 3. The van der Waals surface area contributed by atoms with Gasteiger partial charge in [0.15, 0.2) is 0 Å². The number of phenols is 1. The quantitative estimate of drug-likeness (QED) is 0.886. The standard InChI is InChI=1S/C11H8F3NO2S/c12-11(13,14)10(17,9-15-4-5-18-9)7-2-1-3-8(16)6-7/h1-6,16-17H. The Balaban J connectivity index is 2.64. The fraction of sp³-hybridized carbons (Fsp3) is 0.182. The maximum absolute atomic E-state index is 13.1. The van der Waals surface area contributed by atoms with Crippen molar-refractivity contribution in [3.05, 3.63) is 46.4 Å². The molecule has 7 heteroatoms. The molecule has 1 atom stereocenters. The van der Waals surface area contributed by atoms with Crippen LogP contribution in [0.1, 0.15) is 10.6 Å². The van der Waals surface area contributed by atoms with Crippen LogP contribution in [0.15, 0.2) is 35.8 Å². The molecule has 1 aromatic heterocycles. The minimum Gasteiger partial charge on any atom is -0.508 e. The van der Waals surface area contributed by atoms with E-state index in [4.69, 9.17) is 0 Å². The molecule has 18 heavy (non-hydrogen) atoms. The van der Waals surface area contributed by atoms with Crippen molar-refractivity contribution in [2.75, 3.05) is 0 Å². The number of aliphatic hydroxyl groups is 1. The van der Waals surface area contributed by atoms with Crippen LogP contribution in [-0.2, 0) is 5.60 Å². The summed E-state index contributed by atoms with van der Waals surface area (Å²) in [6.45, 7) is 0. The van der Waals surface area contributed by atoms with Crippen molar-refractivity contribution in [3.63, 3.8) is 0 Å². The molecular formula is C11H8F3NO2S. The summed E-state index contributed by atoms with van der Waals surface area (Å²) in [6, 6.07) is 4.42. The summed E-state index contributed by atoms with van der Waals surface area (Å²) >= 11 is 0.695. The molecule has 2 N–H and O–H groups in total. The Morgan fingerprint density at radius 1 is 1.22 bits per heavy atom. The summed E-state index contributed by atoms with van der Waals surface area (Å²) in [6.07, 6.45) is -3.75. The van der Waals surface area contributed by atoms with E-state index in [0.29, 0.717) is 11.3 Å². The largest absolute Gasteiger partial charge is 0.508 e. The van der Waals surface area contributed by atoms with Gasteiger partial charge in [0.1, 0.15) is 10.8 Å². The van der Waals surface area contributed by atoms with Crippen molar-refractivity contribution >= 4 is 11.3 Å². The number of aromatic hydroxyl groups is 1. The fourth-order valence-corrected chi connectivity index (χ4v) is 2.32. The lowest BCUT2D eigenvalue weighted by Gasteiger charge is -2.28. The highest BCUT2D eigenvalue weighted by Gasteiger charge is 2.58. The molecule has 2 aromatic rings. The number of aromatic nitrogens is 1. The number of thiazole rings is 1. The zero-order valence-corrected chi connectivity index (χ0v) is 9.66. The third kappa shape index (κ3) is 1.95. The topological polar surface area (TPSA) is 53.4 Å². The maximum Gasteiger partial charge on any atom is 0.428 e. The molecule has 3 nitrogen and oxygen atoms in total. The lowest BCUT2D eigenvalue weighted by atomic mass is 9.93. The average Bonchev–Trinajstić information content (AvgIpc) is 2.80. The first-order valence-electron chi connectivity index (χ1n) is 4.84. The molecule has 0 saturated carbocycles. The Labute approximate surface area is 104 Å². The Morgan fingerprint density at radius 3 is 2.44 bits per heavy atom. The summed E-state index contributed by atoms with van der Waals surface area (Å²) in [5, 5.41) is 20.1. The van der Waals surface area contributed by atoms with Gasteiger partial charge in [0.05, 0.1) is 0 Å². The van der Waals surface area contributed by atoms with E-state index in [-0.39, 0.29) is 5.75 Å². The molecule has 1 aromatic carbocycles. The summed E-state index contributed by atoms with van der Waals surface area (Å²) in [4.78, 5) is 3.53. The van der Waals surface area contributed by atoms with Gasteiger partial charge in [0, 0.05) is 17.1 Å². The molecule has 1 unspecified atom stereocenters. The molecular weight excluding hydrogens is 267 g/mol. The van der Waals surface area contributed by atoms with Gasteiger partial charge in [-0.1, -0.05) is 12.1 Å². The fourth-order valence-electron chi connectivity index (χ4n) is 1.54. The van der Waals surface area contributed by atoms with E-state index < -0.39 is 22.3 Å². The van der Waals surface area contributed by atoms with Crippen LogP contribution in [0.3, 0.4) is 0 Å². The molecule has 0 aliphatic rings. The van der Waals surface area contributed by atoms with E-state index in [9.17, 15) is 23.4 Å². The van der Waals surface area contributed by atoms with Crippen LogP contribution in [-0.4, -0.2) is 21.4 Å². The number of nitrogens with zero attached hydrogens (tertiary/aromatic N) is 1. The molecule has 96 valence electrons. The van der Waals surface area contributed by atoms with Crippen LogP contribution in [0.5, 0.6) is 5.75 Å². The van der Waals surface area contributed by atoms with Crippen molar-refractivity contribution < 1.29 is 23.4 Å². The Bertz CT molecular complexity index is 541. The second-order valence-corrected chi connectivity index (χ2v) is 4.49. The van der Waals surface area contributed by atoms with Crippen molar-refractivity contribution in [2.24, 2.45) is 0 Å². The van der Waals surface area contributed by atoms with Crippen molar-refractivity contribution in [3.8, 4) is 5.75 Å². The van der Waals surface area contributed by atoms with Crippen molar-refractivity contribution in [1.82, 2.24) is 4.98 Å². The van der Waals surface area contributed by atoms with Gasteiger partial charge >= 0.3 is 6.18 Å². The minimum absolute atomic E-state index is 0.355. The normalized spacial score (nSPS) is 15.3.